The van der Waals surface area contributed by atoms with Crippen LogP contribution in [0.5, 0.6) is 0 Å². The Bertz CT molecular complexity index is 2000. The number of aliphatic hydroxyl groups is 2. The molecule has 274 valence electrons. The summed E-state index contributed by atoms with van der Waals surface area (Å²) >= 11 is 0. The number of amides is 2. The van der Waals surface area contributed by atoms with Gasteiger partial charge in [-0.15, -0.1) is 0 Å². The summed E-state index contributed by atoms with van der Waals surface area (Å²) in [6, 6.07) is 14.1. The highest BCUT2D eigenvalue weighted by atomic mass is 16.6. The maximum absolute atomic E-state index is 13.7. The molecule has 8 rings (SSSR count). The van der Waals surface area contributed by atoms with E-state index in [-0.39, 0.29) is 36.6 Å². The second-order valence-corrected chi connectivity index (χ2v) is 16.4. The van der Waals surface area contributed by atoms with E-state index in [1.54, 1.807) is 16.1 Å². The minimum Gasteiger partial charge on any atom is -0.444 e. The molecule has 6 unspecified atom stereocenters. The number of rotatable bonds is 5. The topological polar surface area (TPSA) is 135 Å². The van der Waals surface area contributed by atoms with Crippen molar-refractivity contribution in [3.63, 3.8) is 0 Å². The SMILES string of the molecule is CC(C)(C)OC(=O)N1CCC(O)C(C2c3cccc(CC(C)(C)OC(=O)N4CCC(C5c6ccccc6-c6cncn65)C(O)C4)c3-c3cncn32)C1. The Morgan fingerprint density at radius 3 is 2.13 bits per heavy atom. The quantitative estimate of drug-likeness (QED) is 0.271. The largest absolute Gasteiger partial charge is 0.444 e. The molecule has 12 nitrogen and oxygen atoms in total. The number of ether oxygens (including phenoxy) is 2. The summed E-state index contributed by atoms with van der Waals surface area (Å²) in [7, 11) is 0. The van der Waals surface area contributed by atoms with Crippen LogP contribution in [0.2, 0.25) is 0 Å². The van der Waals surface area contributed by atoms with Crippen molar-refractivity contribution in [3.05, 3.63) is 84.2 Å². The van der Waals surface area contributed by atoms with Crippen LogP contribution < -0.4 is 0 Å². The first kappa shape index (κ1) is 34.4. The molecule has 2 aromatic heterocycles. The summed E-state index contributed by atoms with van der Waals surface area (Å²) in [5, 5.41) is 22.8. The lowest BCUT2D eigenvalue weighted by Crippen LogP contribution is -2.50. The lowest BCUT2D eigenvalue weighted by Gasteiger charge is -2.40. The van der Waals surface area contributed by atoms with E-state index in [1.807, 2.05) is 71.5 Å². The highest BCUT2D eigenvalue weighted by molar-refractivity contribution is 5.74. The van der Waals surface area contributed by atoms with E-state index in [1.165, 1.54) is 5.56 Å². The molecule has 12 heteroatoms. The van der Waals surface area contributed by atoms with Crippen LogP contribution in [0.3, 0.4) is 0 Å². The number of imidazole rings is 2. The summed E-state index contributed by atoms with van der Waals surface area (Å²) in [4.78, 5) is 38.9. The van der Waals surface area contributed by atoms with Crippen molar-refractivity contribution in [2.75, 3.05) is 26.2 Å². The third-order valence-corrected chi connectivity index (χ3v) is 11.2. The number of benzene rings is 2. The third-order valence-electron chi connectivity index (χ3n) is 11.2. The molecule has 2 aromatic carbocycles. The van der Waals surface area contributed by atoms with Gasteiger partial charge < -0.3 is 38.6 Å². The maximum atomic E-state index is 13.7. The van der Waals surface area contributed by atoms with Gasteiger partial charge in [0.25, 0.3) is 0 Å². The van der Waals surface area contributed by atoms with Gasteiger partial charge >= 0.3 is 12.2 Å². The lowest BCUT2D eigenvalue weighted by molar-refractivity contribution is -0.0242. The van der Waals surface area contributed by atoms with Crippen molar-refractivity contribution >= 4 is 12.2 Å². The Morgan fingerprint density at radius 1 is 0.750 bits per heavy atom. The molecule has 0 saturated carbocycles. The van der Waals surface area contributed by atoms with Crippen LogP contribution >= 0.6 is 0 Å². The molecule has 2 amide bonds. The number of aliphatic hydroxyl groups excluding tert-OH is 2. The number of likely N-dealkylation sites (tertiary alicyclic amines) is 2. The summed E-state index contributed by atoms with van der Waals surface area (Å²) in [5.74, 6) is -0.346. The molecule has 0 spiro atoms. The zero-order chi connectivity index (χ0) is 36.5. The van der Waals surface area contributed by atoms with Crippen molar-refractivity contribution < 1.29 is 29.3 Å². The van der Waals surface area contributed by atoms with E-state index in [9.17, 15) is 19.8 Å². The maximum Gasteiger partial charge on any atom is 0.410 e. The summed E-state index contributed by atoms with van der Waals surface area (Å²) in [5.41, 5.74) is 5.88. The molecular formula is C40H48N6O6. The van der Waals surface area contributed by atoms with E-state index in [2.05, 4.69) is 43.4 Å². The van der Waals surface area contributed by atoms with Gasteiger partial charge in [0.2, 0.25) is 0 Å². The van der Waals surface area contributed by atoms with Crippen LogP contribution in [0.15, 0.2) is 67.5 Å². The van der Waals surface area contributed by atoms with Crippen LogP contribution in [0, 0.1) is 11.8 Å². The van der Waals surface area contributed by atoms with Gasteiger partial charge in [0, 0.05) is 49.0 Å². The van der Waals surface area contributed by atoms with Gasteiger partial charge in [-0.05, 0) is 64.2 Å². The first-order valence-corrected chi connectivity index (χ1v) is 18.4. The fourth-order valence-corrected chi connectivity index (χ4v) is 8.99. The van der Waals surface area contributed by atoms with Crippen molar-refractivity contribution in [1.82, 2.24) is 28.9 Å². The molecule has 2 fully saturated rings. The molecule has 6 heterocycles. The number of fused-ring (bicyclic) bond motifs is 6. The Balaban J connectivity index is 0.970. The lowest BCUT2D eigenvalue weighted by atomic mass is 9.82. The Hall–Kier alpha value is -4.68. The van der Waals surface area contributed by atoms with Gasteiger partial charge in [0.1, 0.15) is 11.2 Å². The van der Waals surface area contributed by atoms with Crippen molar-refractivity contribution in [1.29, 1.82) is 0 Å². The second-order valence-electron chi connectivity index (χ2n) is 16.4. The number of β-amino-alcohol motifs (C(OH)–C–C–N with tert-alkyl or cyclic N) is 1. The molecule has 52 heavy (non-hydrogen) atoms. The highest BCUT2D eigenvalue weighted by Crippen LogP contribution is 2.48. The van der Waals surface area contributed by atoms with Crippen molar-refractivity contribution in [3.8, 4) is 22.5 Å². The van der Waals surface area contributed by atoms with Gasteiger partial charge in [0.05, 0.1) is 67.3 Å². The number of aromatic nitrogens is 4. The van der Waals surface area contributed by atoms with Gasteiger partial charge in [-0.1, -0.05) is 42.5 Å². The molecule has 0 radical (unpaired) electrons. The fraction of sp³-hybridized carbons (Fsp3) is 0.500. The van der Waals surface area contributed by atoms with Gasteiger partial charge in [-0.2, -0.15) is 0 Å². The smallest absolute Gasteiger partial charge is 0.410 e. The molecule has 2 saturated heterocycles. The number of nitrogens with zero attached hydrogens (tertiary/aromatic N) is 6. The predicted octanol–water partition coefficient (Wildman–Crippen LogP) is 5.68. The van der Waals surface area contributed by atoms with Crippen molar-refractivity contribution in [2.24, 2.45) is 11.8 Å². The monoisotopic (exact) mass is 708 g/mol. The number of carbonyl (C=O) groups is 2. The van der Waals surface area contributed by atoms with E-state index in [0.29, 0.717) is 38.9 Å². The second kappa shape index (κ2) is 12.8. The number of carbonyl (C=O) groups excluding carboxylic acids is 2. The molecular weight excluding hydrogens is 660 g/mol. The summed E-state index contributed by atoms with van der Waals surface area (Å²) < 4.78 is 16.1. The Kier molecular flexibility index (Phi) is 8.45. The summed E-state index contributed by atoms with van der Waals surface area (Å²) in [6.07, 6.45) is 6.69. The van der Waals surface area contributed by atoms with E-state index >= 15 is 0 Å². The Labute approximate surface area is 304 Å². The zero-order valence-electron chi connectivity index (χ0n) is 30.5. The summed E-state index contributed by atoms with van der Waals surface area (Å²) in [6.45, 7) is 10.8. The first-order valence-electron chi connectivity index (χ1n) is 18.4. The molecule has 0 aliphatic carbocycles. The van der Waals surface area contributed by atoms with Crippen LogP contribution in [-0.4, -0.2) is 101 Å². The molecule has 4 aromatic rings. The van der Waals surface area contributed by atoms with E-state index < -0.39 is 29.5 Å². The van der Waals surface area contributed by atoms with Crippen molar-refractivity contribution in [2.45, 2.75) is 89.4 Å². The standard InChI is InChI=1S/C40H48N6O6/c1-39(2,3)51-37(49)43-16-14-32(47)29(20-43)36-28-12-8-9-24(34(28)31-19-42-23-46(31)36)17-40(4,5)52-38(50)44-15-13-27(33(48)21-44)35-26-11-7-6-10-25(26)30-18-41-22-45(30)35/h6-12,18-19,22-23,27,29,32-33,35-36,47-48H,13-17,20-21H2,1-5H3. The minimum atomic E-state index is -0.870. The number of hydrogen-bond acceptors (Lipinski definition) is 8. The van der Waals surface area contributed by atoms with E-state index in [0.717, 1.165) is 33.6 Å². The Morgan fingerprint density at radius 2 is 1.38 bits per heavy atom. The van der Waals surface area contributed by atoms with E-state index in [4.69, 9.17) is 9.47 Å². The molecule has 4 aliphatic rings. The van der Waals surface area contributed by atoms with Gasteiger partial charge in [-0.25, -0.2) is 19.6 Å². The number of hydrogen-bond donors (Lipinski definition) is 2. The molecule has 2 N–H and O–H groups in total. The van der Waals surface area contributed by atoms with Crippen LogP contribution in [0.25, 0.3) is 22.5 Å². The average Bonchev–Trinajstić information content (AvgIpc) is 3.86. The average molecular weight is 709 g/mol. The molecule has 4 aliphatic heterocycles. The van der Waals surface area contributed by atoms with Gasteiger partial charge in [0.15, 0.2) is 0 Å². The van der Waals surface area contributed by atoms with Crippen LogP contribution in [-0.2, 0) is 15.9 Å². The minimum absolute atomic E-state index is 0.0362. The third kappa shape index (κ3) is 6.05. The normalized spacial score (nSPS) is 25.3. The molecule has 6 atom stereocenters. The number of piperidine rings is 2. The highest BCUT2D eigenvalue weighted by Gasteiger charge is 2.45. The predicted molar refractivity (Wildman–Crippen MR) is 193 cm³/mol. The first-order chi connectivity index (χ1) is 24.8. The fourth-order valence-electron chi connectivity index (χ4n) is 8.99. The van der Waals surface area contributed by atoms with Crippen LogP contribution in [0.4, 0.5) is 9.59 Å². The van der Waals surface area contributed by atoms with Crippen LogP contribution in [0.1, 0.15) is 76.2 Å². The van der Waals surface area contributed by atoms with Gasteiger partial charge in [-0.3, -0.25) is 0 Å². The zero-order valence-corrected chi connectivity index (χ0v) is 30.5. The molecule has 0 bridgehead atoms.